The van der Waals surface area contributed by atoms with Gasteiger partial charge in [-0.15, -0.1) is 0 Å². The van der Waals surface area contributed by atoms with Gasteiger partial charge in [0.25, 0.3) is 0 Å². The second kappa shape index (κ2) is 6.42. The third-order valence-electron chi connectivity index (χ3n) is 6.29. The molecular formula is C22H26O6. The molecule has 0 aromatic heterocycles. The lowest BCUT2D eigenvalue weighted by atomic mass is 9.50. The van der Waals surface area contributed by atoms with Gasteiger partial charge in [0.2, 0.25) is 0 Å². The van der Waals surface area contributed by atoms with Crippen molar-refractivity contribution in [3.63, 3.8) is 0 Å². The van der Waals surface area contributed by atoms with Crippen LogP contribution in [0.15, 0.2) is 36.4 Å². The number of esters is 1. The fourth-order valence-electron chi connectivity index (χ4n) is 5.72. The number of aromatic hydroxyl groups is 1. The van der Waals surface area contributed by atoms with Crippen LogP contribution >= 0.6 is 0 Å². The monoisotopic (exact) mass is 386 g/mol. The van der Waals surface area contributed by atoms with Crippen molar-refractivity contribution in [3.05, 3.63) is 42.0 Å². The highest BCUT2D eigenvalue weighted by Crippen LogP contribution is 2.61. The molecule has 0 saturated heterocycles. The number of Topliss-reactive ketones (excluding diaryl/α,β-unsaturated/α-hetero) is 1. The third kappa shape index (κ3) is 3.47. The van der Waals surface area contributed by atoms with E-state index in [1.54, 1.807) is 19.1 Å². The molecule has 4 saturated carbocycles. The van der Waals surface area contributed by atoms with Crippen molar-refractivity contribution in [2.75, 3.05) is 6.61 Å². The molecule has 28 heavy (non-hydrogen) atoms. The minimum Gasteiger partial charge on any atom is -0.508 e. The van der Waals surface area contributed by atoms with Gasteiger partial charge in [0.15, 0.2) is 5.78 Å². The number of carbonyl (C=O) groups excluding carboxylic acids is 2. The smallest absolute Gasteiger partial charge is 0.333 e. The Bertz CT molecular complexity index is 830. The van der Waals surface area contributed by atoms with E-state index in [2.05, 4.69) is 6.58 Å². The predicted octanol–water partition coefficient (Wildman–Crippen LogP) is 2.92. The number of hydrogen-bond donors (Lipinski definition) is 2. The van der Waals surface area contributed by atoms with E-state index < -0.39 is 22.8 Å². The van der Waals surface area contributed by atoms with Gasteiger partial charge < -0.3 is 19.7 Å². The van der Waals surface area contributed by atoms with Crippen molar-refractivity contribution in [1.29, 1.82) is 0 Å². The van der Waals surface area contributed by atoms with Crippen molar-refractivity contribution < 1.29 is 29.3 Å². The van der Waals surface area contributed by atoms with Crippen molar-refractivity contribution in [3.8, 4) is 5.75 Å². The molecule has 1 aromatic carbocycles. The normalized spacial score (nSPS) is 35.6. The summed E-state index contributed by atoms with van der Waals surface area (Å²) in [5.74, 6) is -0.332. The first-order chi connectivity index (χ1) is 13.1. The van der Waals surface area contributed by atoms with Crippen molar-refractivity contribution >= 4 is 11.8 Å². The molecule has 4 bridgehead atoms. The summed E-state index contributed by atoms with van der Waals surface area (Å²) < 4.78 is 12.0. The van der Waals surface area contributed by atoms with Crippen LogP contribution in [-0.2, 0) is 14.3 Å². The molecule has 4 atom stereocenters. The number of rotatable bonds is 6. The van der Waals surface area contributed by atoms with Gasteiger partial charge in [-0.05, 0) is 56.4 Å². The Morgan fingerprint density at radius 3 is 2.39 bits per heavy atom. The van der Waals surface area contributed by atoms with Crippen LogP contribution < -0.4 is 0 Å². The van der Waals surface area contributed by atoms with Crippen LogP contribution in [0.5, 0.6) is 5.75 Å². The predicted molar refractivity (Wildman–Crippen MR) is 101 cm³/mol. The molecule has 0 aliphatic heterocycles. The van der Waals surface area contributed by atoms with Gasteiger partial charge in [-0.2, -0.15) is 0 Å². The van der Waals surface area contributed by atoms with Crippen LogP contribution in [0.4, 0.5) is 0 Å². The Hall–Kier alpha value is -2.18. The number of benzene rings is 1. The lowest BCUT2D eigenvalue weighted by Gasteiger charge is -2.63. The second-order valence-corrected chi connectivity index (χ2v) is 9.03. The van der Waals surface area contributed by atoms with Crippen LogP contribution in [0.3, 0.4) is 0 Å². The maximum atomic E-state index is 12.5. The zero-order valence-electron chi connectivity index (χ0n) is 16.1. The molecule has 0 radical (unpaired) electrons. The molecule has 2 N–H and O–H groups in total. The lowest BCUT2D eigenvalue weighted by molar-refractivity contribution is -0.269. The maximum Gasteiger partial charge on any atom is 0.333 e. The molecule has 0 spiro atoms. The highest BCUT2D eigenvalue weighted by Gasteiger charge is 2.65. The average molecular weight is 386 g/mol. The molecule has 6 heteroatoms. The fraction of sp³-hybridized carbons (Fsp3) is 0.545. The van der Waals surface area contributed by atoms with Crippen LogP contribution in [0.25, 0.3) is 0 Å². The number of phenolic OH excluding ortho intramolecular Hbond substituents is 1. The van der Waals surface area contributed by atoms with Gasteiger partial charge in [0.05, 0.1) is 11.2 Å². The minimum absolute atomic E-state index is 0.0991. The standard InChI is InChI=1S/C22H26O6/c1-14(2)19(25)28-22-9-15-7-20(26,12-22)11-21(8-15,13-22)27-10-18(24)16-3-5-17(23)6-4-16/h3-6,15,23,26H,1,7-13H2,2H3. The van der Waals surface area contributed by atoms with E-state index in [1.807, 2.05) is 0 Å². The number of phenols is 1. The minimum atomic E-state index is -0.934. The van der Waals surface area contributed by atoms with Crippen LogP contribution in [-0.4, -0.2) is 45.4 Å². The number of carbonyl (C=O) groups is 2. The van der Waals surface area contributed by atoms with Gasteiger partial charge in [0, 0.05) is 30.4 Å². The van der Waals surface area contributed by atoms with Gasteiger partial charge >= 0.3 is 5.97 Å². The highest BCUT2D eigenvalue weighted by molar-refractivity contribution is 5.97. The Balaban J connectivity index is 1.52. The summed E-state index contributed by atoms with van der Waals surface area (Å²) in [5, 5.41) is 20.5. The third-order valence-corrected chi connectivity index (χ3v) is 6.29. The summed E-state index contributed by atoms with van der Waals surface area (Å²) in [7, 11) is 0. The van der Waals surface area contributed by atoms with Gasteiger partial charge in [-0.25, -0.2) is 4.79 Å². The summed E-state index contributed by atoms with van der Waals surface area (Å²) in [6.45, 7) is 5.15. The number of ketones is 1. The first-order valence-corrected chi connectivity index (χ1v) is 9.69. The fourth-order valence-corrected chi connectivity index (χ4v) is 5.72. The summed E-state index contributed by atoms with van der Waals surface area (Å²) in [4.78, 5) is 24.7. The highest BCUT2D eigenvalue weighted by atomic mass is 16.6. The van der Waals surface area contributed by atoms with E-state index in [1.165, 1.54) is 12.1 Å². The quantitative estimate of drug-likeness (QED) is 0.444. The average Bonchev–Trinajstić information content (AvgIpc) is 2.57. The van der Waals surface area contributed by atoms with E-state index in [4.69, 9.17) is 9.47 Å². The molecule has 6 nitrogen and oxygen atoms in total. The van der Waals surface area contributed by atoms with Crippen LogP contribution in [0.2, 0.25) is 0 Å². The summed E-state index contributed by atoms with van der Waals surface area (Å²) >= 11 is 0. The van der Waals surface area contributed by atoms with Gasteiger partial charge in [0.1, 0.15) is 18.0 Å². The Morgan fingerprint density at radius 1 is 1.11 bits per heavy atom. The largest absolute Gasteiger partial charge is 0.508 e. The topological polar surface area (TPSA) is 93.1 Å². The Kier molecular flexibility index (Phi) is 4.39. The Morgan fingerprint density at radius 2 is 1.75 bits per heavy atom. The van der Waals surface area contributed by atoms with Gasteiger partial charge in [-0.1, -0.05) is 6.58 Å². The van der Waals surface area contributed by atoms with E-state index in [9.17, 15) is 19.8 Å². The van der Waals surface area contributed by atoms with Crippen LogP contribution in [0.1, 0.15) is 55.8 Å². The molecule has 5 rings (SSSR count). The zero-order valence-corrected chi connectivity index (χ0v) is 16.1. The maximum absolute atomic E-state index is 12.5. The molecule has 4 aliphatic carbocycles. The van der Waals surface area contributed by atoms with E-state index in [0.29, 0.717) is 43.2 Å². The summed E-state index contributed by atoms with van der Waals surface area (Å²) in [5.41, 5.74) is -1.57. The number of aliphatic hydroxyl groups is 1. The van der Waals surface area contributed by atoms with E-state index in [-0.39, 0.29) is 24.1 Å². The molecular weight excluding hydrogens is 360 g/mol. The van der Waals surface area contributed by atoms with Crippen LogP contribution in [0, 0.1) is 5.92 Å². The van der Waals surface area contributed by atoms with Crippen molar-refractivity contribution in [2.24, 2.45) is 5.92 Å². The SMILES string of the molecule is C=C(C)C(=O)OC12CC3CC(O)(CC(OCC(=O)c4ccc(O)cc4)(C3)C1)C2. The number of hydrogen-bond acceptors (Lipinski definition) is 6. The van der Waals surface area contributed by atoms with Crippen molar-refractivity contribution in [1.82, 2.24) is 0 Å². The van der Waals surface area contributed by atoms with E-state index >= 15 is 0 Å². The number of ether oxygens (including phenoxy) is 2. The van der Waals surface area contributed by atoms with E-state index in [0.717, 1.165) is 6.42 Å². The molecule has 4 unspecified atom stereocenters. The Labute approximate surface area is 164 Å². The molecule has 1 aromatic rings. The van der Waals surface area contributed by atoms with Gasteiger partial charge in [-0.3, -0.25) is 4.79 Å². The lowest BCUT2D eigenvalue weighted by Crippen LogP contribution is -2.67. The van der Waals surface area contributed by atoms with Crippen molar-refractivity contribution in [2.45, 2.75) is 62.3 Å². The molecule has 0 amide bonds. The second-order valence-electron chi connectivity index (χ2n) is 9.03. The first kappa shape index (κ1) is 19.2. The zero-order chi connectivity index (χ0) is 20.2. The molecule has 150 valence electrons. The summed E-state index contributed by atoms with van der Waals surface area (Å²) in [6.07, 6.45) is 3.49. The molecule has 0 heterocycles. The first-order valence-electron chi connectivity index (χ1n) is 9.69. The molecule has 4 fully saturated rings. The molecule has 4 aliphatic rings. The summed E-state index contributed by atoms with van der Waals surface area (Å²) in [6, 6.07) is 6.05.